The zero-order valence-electron chi connectivity index (χ0n) is 79.0. The summed E-state index contributed by atoms with van der Waals surface area (Å²) in [6.45, 7) is 18.6. The number of nitrogens with zero attached hydrogens (tertiary/aromatic N) is 3. The summed E-state index contributed by atoms with van der Waals surface area (Å²) in [6, 6.07) is 26.6. The molecule has 0 radical (unpaired) electrons. The van der Waals surface area contributed by atoms with E-state index in [-0.39, 0.29) is 11.8 Å². The zero-order chi connectivity index (χ0) is 87.1. The third-order valence-electron chi connectivity index (χ3n) is 24.0. The Kier molecular flexibility index (Phi) is 59.8. The molecule has 3 aromatic heterocycles. The zero-order valence-corrected chi connectivity index (χ0v) is 79.0. The third-order valence-corrected chi connectivity index (χ3v) is 24.0. The molecule has 3 aromatic carbocycles. The number of amides is 2. The number of carbonyl (C=O) groups is 2. The van der Waals surface area contributed by atoms with Gasteiger partial charge in [0.2, 0.25) is 11.5 Å². The molecular formula is C110H171N5O8. The van der Waals surface area contributed by atoms with Crippen LogP contribution in [0.15, 0.2) is 97.3 Å². The predicted molar refractivity (Wildman–Crippen MR) is 521 cm³/mol. The average Bonchev–Trinajstić information content (AvgIpc) is 0.820. The van der Waals surface area contributed by atoms with Crippen molar-refractivity contribution in [3.8, 4) is 69.1 Å². The number of unbranched alkanes of at least 4 members (excludes halogenated alkanes) is 54. The largest absolute Gasteiger partial charge is 0.490 e. The van der Waals surface area contributed by atoms with E-state index in [0.29, 0.717) is 136 Å². The Morgan fingerprint density at radius 1 is 0.268 bits per heavy atom. The molecule has 0 aliphatic carbocycles. The highest BCUT2D eigenvalue weighted by atomic mass is 16.5. The van der Waals surface area contributed by atoms with Gasteiger partial charge in [0.1, 0.15) is 0 Å². The van der Waals surface area contributed by atoms with Crippen molar-refractivity contribution >= 4 is 23.2 Å². The van der Waals surface area contributed by atoms with Gasteiger partial charge in [0.25, 0.3) is 11.8 Å². The first-order chi connectivity index (χ1) is 60.7. The lowest BCUT2D eigenvalue weighted by Gasteiger charge is -2.20. The maximum Gasteiger partial charge on any atom is 0.255 e. The molecule has 2 N–H and O–H groups in total. The lowest BCUT2D eigenvalue weighted by molar-refractivity contribution is 0.101. The van der Waals surface area contributed by atoms with Gasteiger partial charge in [-0.1, -0.05) is 412 Å². The molecule has 6 aromatic rings. The number of aromatic nitrogens is 3. The van der Waals surface area contributed by atoms with Gasteiger partial charge in [0.15, 0.2) is 23.0 Å². The van der Waals surface area contributed by atoms with E-state index in [4.69, 9.17) is 33.4 Å². The Morgan fingerprint density at radius 3 is 0.715 bits per heavy atom. The van der Waals surface area contributed by atoms with Crippen molar-refractivity contribution in [3.05, 3.63) is 125 Å². The topological polar surface area (TPSA) is 152 Å². The van der Waals surface area contributed by atoms with Crippen LogP contribution in [0.4, 0.5) is 11.4 Å². The number of carbonyl (C=O) groups excluding carboxylic acids is 2. The van der Waals surface area contributed by atoms with Crippen LogP contribution in [-0.4, -0.2) is 66.4 Å². The monoisotopic (exact) mass is 1690 g/mol. The van der Waals surface area contributed by atoms with Gasteiger partial charge in [-0.15, -0.1) is 0 Å². The highest BCUT2D eigenvalue weighted by molar-refractivity contribution is 6.08. The number of hydrogen-bond acceptors (Lipinski definition) is 11. The molecule has 0 atom stereocenters. The summed E-state index contributed by atoms with van der Waals surface area (Å²) in [4.78, 5) is 45.7. The molecular weight excluding hydrogens is 1520 g/mol. The first-order valence-electron chi connectivity index (χ1n) is 51.0. The Morgan fingerprint density at radius 2 is 0.488 bits per heavy atom. The molecule has 123 heavy (non-hydrogen) atoms. The fourth-order valence-electron chi connectivity index (χ4n) is 16.2. The van der Waals surface area contributed by atoms with E-state index in [0.717, 1.165) is 103 Å². The summed E-state index contributed by atoms with van der Waals surface area (Å²) in [5.41, 5.74) is 6.24. The normalized spacial score (nSPS) is 11.2. The summed E-state index contributed by atoms with van der Waals surface area (Å²) < 4.78 is 41.1. The second kappa shape index (κ2) is 70.6. The van der Waals surface area contributed by atoms with Crippen LogP contribution in [-0.2, 0) is 0 Å². The van der Waals surface area contributed by atoms with Crippen LogP contribution >= 0.6 is 0 Å². The molecule has 0 unspecified atom stereocenters. The van der Waals surface area contributed by atoms with Gasteiger partial charge in [-0.25, -0.2) is 4.98 Å². The highest BCUT2D eigenvalue weighted by Gasteiger charge is 2.24. The fraction of sp³-hybridized carbons (Fsp3) is 0.664. The Balaban J connectivity index is 1.41. The van der Waals surface area contributed by atoms with E-state index in [2.05, 4.69) is 74.0 Å². The van der Waals surface area contributed by atoms with Crippen molar-refractivity contribution < 1.29 is 38.0 Å². The third kappa shape index (κ3) is 47.0. The molecule has 3 heterocycles. The molecule has 0 aliphatic rings. The van der Waals surface area contributed by atoms with Gasteiger partial charge in [-0.2, -0.15) is 0 Å². The fourth-order valence-corrected chi connectivity index (χ4v) is 16.2. The standard InChI is InChI=1S/C110H171N5O8/c1-8-14-20-26-32-38-44-50-56-66-78-118-103-88-95(89-104(119-79-67-57-51-45-39-33-27-21-15-9-2)107(103)122-82-70-60-54-48-42-36-30-24-18-12-5)109(116)114-99-84-93(74-75-94-86-101(97-72-62-64-76-111-97)113-102(87-94)98-73-63-65-77-112-98)85-100(92(99)7)115-110(117)96-90-105(120-80-68-58-52-46-40-34-28-22-16-10-3)108(123-83-71-61-55-49-43-37-31-25-19-13-6)106(91-96)121-81-69-59-53-47-41-35-29-23-17-11-4/h62-65,72-73,76-77,84-91H,8-61,66-71,78-83H2,1-7H3,(H,114,116)(H,115,117). The number of hydrogen-bond donors (Lipinski definition) is 2. The molecule has 0 spiro atoms. The minimum atomic E-state index is -0.370. The second-order valence-electron chi connectivity index (χ2n) is 35.2. The molecule has 13 nitrogen and oxygen atoms in total. The van der Waals surface area contributed by atoms with E-state index in [1.807, 2.05) is 91.9 Å². The summed E-state index contributed by atoms with van der Waals surface area (Å²) in [6.07, 6.45) is 76.4. The number of benzene rings is 3. The van der Waals surface area contributed by atoms with Gasteiger partial charge in [0, 0.05) is 46.0 Å². The van der Waals surface area contributed by atoms with E-state index in [1.54, 1.807) is 12.4 Å². The second-order valence-corrected chi connectivity index (χ2v) is 35.2. The number of anilines is 2. The summed E-state index contributed by atoms with van der Waals surface area (Å²) in [7, 11) is 0. The predicted octanol–water partition coefficient (Wildman–Crippen LogP) is 33.2. The molecule has 0 saturated carbocycles. The van der Waals surface area contributed by atoms with Crippen LogP contribution < -0.4 is 39.1 Å². The van der Waals surface area contributed by atoms with E-state index in [1.165, 1.54) is 283 Å². The van der Waals surface area contributed by atoms with Crippen molar-refractivity contribution in [3.63, 3.8) is 0 Å². The molecule has 0 fully saturated rings. The molecule has 0 bridgehead atoms. The highest BCUT2D eigenvalue weighted by Crippen LogP contribution is 2.43. The van der Waals surface area contributed by atoms with Crippen molar-refractivity contribution in [2.45, 2.75) is 434 Å². The minimum Gasteiger partial charge on any atom is -0.490 e. The number of pyridine rings is 3. The van der Waals surface area contributed by atoms with Crippen LogP contribution in [0.2, 0.25) is 0 Å². The van der Waals surface area contributed by atoms with Gasteiger partial charge in [-0.05, 0) is 124 Å². The maximum atomic E-state index is 15.6. The van der Waals surface area contributed by atoms with Crippen molar-refractivity contribution in [2.75, 3.05) is 50.3 Å². The van der Waals surface area contributed by atoms with Gasteiger partial charge >= 0.3 is 0 Å². The van der Waals surface area contributed by atoms with Crippen molar-refractivity contribution in [1.29, 1.82) is 0 Å². The van der Waals surface area contributed by atoms with Gasteiger partial charge in [0.05, 0.1) is 62.4 Å². The minimum absolute atomic E-state index is 0.367. The summed E-state index contributed by atoms with van der Waals surface area (Å²) in [5, 5.41) is 6.72. The summed E-state index contributed by atoms with van der Waals surface area (Å²) >= 11 is 0. The van der Waals surface area contributed by atoms with E-state index in [9.17, 15) is 0 Å². The molecule has 2 amide bonds. The molecule has 0 aliphatic heterocycles. The smallest absolute Gasteiger partial charge is 0.255 e. The summed E-state index contributed by atoms with van der Waals surface area (Å²) in [5.74, 6) is 9.37. The van der Waals surface area contributed by atoms with Gasteiger partial charge < -0.3 is 39.1 Å². The van der Waals surface area contributed by atoms with Crippen LogP contribution in [0.3, 0.4) is 0 Å². The molecule has 0 saturated heterocycles. The Hall–Kier alpha value is -7.59. The Labute approximate surface area is 750 Å². The quantitative estimate of drug-likeness (QED) is 0.0277. The first kappa shape index (κ1) is 104. The van der Waals surface area contributed by atoms with Crippen LogP contribution in [0, 0.1) is 18.8 Å². The van der Waals surface area contributed by atoms with Crippen molar-refractivity contribution in [1.82, 2.24) is 15.0 Å². The average molecular weight is 1690 g/mol. The lowest BCUT2D eigenvalue weighted by atomic mass is 10.0. The first-order valence-corrected chi connectivity index (χ1v) is 51.0. The van der Waals surface area contributed by atoms with E-state index < -0.39 is 0 Å². The van der Waals surface area contributed by atoms with Gasteiger partial charge in [-0.3, -0.25) is 19.6 Å². The van der Waals surface area contributed by atoms with Crippen molar-refractivity contribution in [2.24, 2.45) is 0 Å². The number of rotatable bonds is 78. The SMILES string of the molecule is CCCCCCCCCCCCOc1cc(C(=O)Nc2cc(C#Cc3cc(-c4ccccn4)nc(-c4ccccn4)c3)cc(NC(=O)c3cc(OCCCCCCCCCCCC)c(OCCCCCCCCCCCC)c(OCCCCCCCCCCCC)c3)c2C)cc(OCCCCCCCCCCCC)c1OCCCCCCCCCCCC. The molecule has 684 valence electrons. The number of nitrogens with one attached hydrogen (secondary N) is 2. The van der Waals surface area contributed by atoms with Crippen LogP contribution in [0.5, 0.6) is 34.5 Å². The van der Waals surface area contributed by atoms with Crippen LogP contribution in [0.1, 0.15) is 464 Å². The Bertz CT molecular complexity index is 3400. The molecule has 13 heteroatoms. The van der Waals surface area contributed by atoms with Crippen LogP contribution in [0.25, 0.3) is 22.8 Å². The molecule has 6 rings (SSSR count). The number of ether oxygens (including phenoxy) is 6. The lowest BCUT2D eigenvalue weighted by Crippen LogP contribution is -2.17. The van der Waals surface area contributed by atoms with E-state index >= 15 is 9.59 Å². The maximum absolute atomic E-state index is 15.6.